The summed E-state index contributed by atoms with van der Waals surface area (Å²) < 4.78 is 5.11. The van der Waals surface area contributed by atoms with Crippen molar-refractivity contribution < 1.29 is 4.74 Å². The second-order valence-electron chi connectivity index (χ2n) is 4.08. The molecule has 74 valence electrons. The molecule has 2 nitrogen and oxygen atoms in total. The summed E-state index contributed by atoms with van der Waals surface area (Å²) in [6.45, 7) is 7.25. The highest BCUT2D eigenvalue weighted by molar-refractivity contribution is 4.82. The Morgan fingerprint density at radius 1 is 1.42 bits per heavy atom. The van der Waals surface area contributed by atoms with E-state index in [4.69, 9.17) is 10.5 Å². The average molecular weight is 173 g/mol. The molecule has 0 rings (SSSR count). The lowest BCUT2D eigenvalue weighted by Crippen LogP contribution is -2.43. The third-order valence-corrected chi connectivity index (χ3v) is 2.36. The zero-order valence-corrected chi connectivity index (χ0v) is 8.89. The number of hydrogen-bond acceptors (Lipinski definition) is 2. The monoisotopic (exact) mass is 173 g/mol. The van der Waals surface area contributed by atoms with Gasteiger partial charge in [0.15, 0.2) is 0 Å². The van der Waals surface area contributed by atoms with Crippen molar-refractivity contribution in [2.24, 2.45) is 11.7 Å². The van der Waals surface area contributed by atoms with Gasteiger partial charge in [-0.2, -0.15) is 0 Å². The van der Waals surface area contributed by atoms with Crippen LogP contribution < -0.4 is 5.73 Å². The molecule has 0 amide bonds. The molecular formula is C10H23NO. The van der Waals surface area contributed by atoms with E-state index in [1.54, 1.807) is 7.11 Å². The van der Waals surface area contributed by atoms with Crippen molar-refractivity contribution in [3.63, 3.8) is 0 Å². The van der Waals surface area contributed by atoms with E-state index in [0.29, 0.717) is 6.61 Å². The normalized spacial score (nSPS) is 16.5. The van der Waals surface area contributed by atoms with Crippen LogP contribution in [0.1, 0.15) is 40.0 Å². The molecule has 1 unspecified atom stereocenters. The summed E-state index contributed by atoms with van der Waals surface area (Å²) in [5.41, 5.74) is 6.03. The molecule has 0 bridgehead atoms. The lowest BCUT2D eigenvalue weighted by Gasteiger charge is -2.27. The van der Waals surface area contributed by atoms with E-state index in [2.05, 4.69) is 20.8 Å². The van der Waals surface area contributed by atoms with E-state index >= 15 is 0 Å². The van der Waals surface area contributed by atoms with Crippen molar-refractivity contribution in [1.82, 2.24) is 0 Å². The molecule has 12 heavy (non-hydrogen) atoms. The first-order valence-corrected chi connectivity index (χ1v) is 4.82. The first kappa shape index (κ1) is 11.9. The number of rotatable bonds is 6. The van der Waals surface area contributed by atoms with Crippen LogP contribution in [0.25, 0.3) is 0 Å². The highest BCUT2D eigenvalue weighted by Gasteiger charge is 2.22. The SMILES string of the molecule is CCC(N)(CCC(C)C)COC. The van der Waals surface area contributed by atoms with Crippen molar-refractivity contribution in [1.29, 1.82) is 0 Å². The van der Waals surface area contributed by atoms with E-state index in [-0.39, 0.29) is 5.54 Å². The van der Waals surface area contributed by atoms with Crippen LogP contribution in [0.5, 0.6) is 0 Å². The molecule has 0 aromatic carbocycles. The quantitative estimate of drug-likeness (QED) is 0.668. The van der Waals surface area contributed by atoms with Gasteiger partial charge < -0.3 is 10.5 Å². The molecule has 0 aromatic rings. The Labute approximate surface area is 76.5 Å². The lowest BCUT2D eigenvalue weighted by atomic mass is 9.89. The maximum absolute atomic E-state index is 6.13. The van der Waals surface area contributed by atoms with Gasteiger partial charge in [-0.05, 0) is 25.2 Å². The zero-order valence-electron chi connectivity index (χ0n) is 8.89. The van der Waals surface area contributed by atoms with Crippen LogP contribution in [0.4, 0.5) is 0 Å². The fourth-order valence-electron chi connectivity index (χ4n) is 1.21. The minimum Gasteiger partial charge on any atom is -0.383 e. The van der Waals surface area contributed by atoms with Crippen LogP contribution in [0.2, 0.25) is 0 Å². The number of ether oxygens (including phenoxy) is 1. The Morgan fingerprint density at radius 2 is 2.00 bits per heavy atom. The molecule has 0 heterocycles. The Bertz CT molecular complexity index is 114. The molecule has 1 atom stereocenters. The Balaban J connectivity index is 3.78. The van der Waals surface area contributed by atoms with Gasteiger partial charge in [-0.15, -0.1) is 0 Å². The lowest BCUT2D eigenvalue weighted by molar-refractivity contribution is 0.120. The third-order valence-electron chi connectivity index (χ3n) is 2.36. The Kier molecular flexibility index (Phi) is 5.51. The van der Waals surface area contributed by atoms with Crippen LogP contribution in [0.3, 0.4) is 0 Å². The summed E-state index contributed by atoms with van der Waals surface area (Å²) in [5, 5.41) is 0. The smallest absolute Gasteiger partial charge is 0.0642 e. The topological polar surface area (TPSA) is 35.2 Å². The van der Waals surface area contributed by atoms with Gasteiger partial charge in [0.1, 0.15) is 0 Å². The summed E-state index contributed by atoms with van der Waals surface area (Å²) in [5.74, 6) is 0.733. The molecule has 0 aliphatic carbocycles. The van der Waals surface area contributed by atoms with Gasteiger partial charge >= 0.3 is 0 Å². The van der Waals surface area contributed by atoms with Crippen LogP contribution in [0, 0.1) is 5.92 Å². The molecule has 0 fully saturated rings. The third kappa shape index (κ3) is 4.73. The second kappa shape index (κ2) is 5.55. The molecule has 0 spiro atoms. The van der Waals surface area contributed by atoms with Gasteiger partial charge in [-0.3, -0.25) is 0 Å². The Hall–Kier alpha value is -0.0800. The summed E-state index contributed by atoms with van der Waals surface area (Å²) in [4.78, 5) is 0. The fourth-order valence-corrected chi connectivity index (χ4v) is 1.21. The standard InChI is InChI=1S/C10H23NO/c1-5-10(11,8-12-4)7-6-9(2)3/h9H,5-8,11H2,1-4H3. The van der Waals surface area contributed by atoms with Crippen LogP contribution in [-0.4, -0.2) is 19.3 Å². The molecule has 0 aromatic heterocycles. The van der Waals surface area contributed by atoms with Crippen LogP contribution >= 0.6 is 0 Å². The molecule has 0 saturated carbocycles. The summed E-state index contributed by atoms with van der Waals surface area (Å²) >= 11 is 0. The molecule has 2 N–H and O–H groups in total. The summed E-state index contributed by atoms with van der Waals surface area (Å²) in [7, 11) is 1.71. The predicted octanol–water partition coefficient (Wildman–Crippen LogP) is 2.18. The van der Waals surface area contributed by atoms with Gasteiger partial charge in [-0.25, -0.2) is 0 Å². The van der Waals surface area contributed by atoms with Gasteiger partial charge in [0.2, 0.25) is 0 Å². The van der Waals surface area contributed by atoms with E-state index in [9.17, 15) is 0 Å². The van der Waals surface area contributed by atoms with E-state index < -0.39 is 0 Å². The van der Waals surface area contributed by atoms with Gasteiger partial charge in [0.25, 0.3) is 0 Å². The number of hydrogen-bond donors (Lipinski definition) is 1. The first-order valence-electron chi connectivity index (χ1n) is 4.82. The molecule has 0 radical (unpaired) electrons. The summed E-state index contributed by atoms with van der Waals surface area (Å²) in [6.07, 6.45) is 3.25. The van der Waals surface area contributed by atoms with Crippen LogP contribution in [-0.2, 0) is 4.74 Å². The summed E-state index contributed by atoms with van der Waals surface area (Å²) in [6, 6.07) is 0. The predicted molar refractivity (Wildman–Crippen MR) is 53.2 cm³/mol. The van der Waals surface area contributed by atoms with E-state index in [1.807, 2.05) is 0 Å². The molecule has 0 aliphatic heterocycles. The minimum absolute atomic E-state index is 0.0982. The highest BCUT2D eigenvalue weighted by atomic mass is 16.5. The second-order valence-corrected chi connectivity index (χ2v) is 4.08. The van der Waals surface area contributed by atoms with Crippen LogP contribution in [0.15, 0.2) is 0 Å². The van der Waals surface area contributed by atoms with Crippen molar-refractivity contribution in [2.75, 3.05) is 13.7 Å². The van der Waals surface area contributed by atoms with E-state index in [1.165, 1.54) is 6.42 Å². The van der Waals surface area contributed by atoms with Crippen molar-refractivity contribution in [3.8, 4) is 0 Å². The number of nitrogens with two attached hydrogens (primary N) is 1. The van der Waals surface area contributed by atoms with E-state index in [0.717, 1.165) is 18.8 Å². The van der Waals surface area contributed by atoms with Gasteiger partial charge in [-0.1, -0.05) is 20.8 Å². The molecule has 0 saturated heterocycles. The first-order chi connectivity index (χ1) is 5.54. The maximum atomic E-state index is 6.13. The molecular weight excluding hydrogens is 150 g/mol. The van der Waals surface area contributed by atoms with Crippen molar-refractivity contribution >= 4 is 0 Å². The average Bonchev–Trinajstić information content (AvgIpc) is 2.02. The number of methoxy groups -OCH3 is 1. The highest BCUT2D eigenvalue weighted by Crippen LogP contribution is 2.17. The minimum atomic E-state index is -0.0982. The zero-order chi connectivity index (χ0) is 9.61. The van der Waals surface area contributed by atoms with Gasteiger partial charge in [0.05, 0.1) is 6.61 Å². The molecule has 0 aliphatic rings. The Morgan fingerprint density at radius 3 is 2.33 bits per heavy atom. The van der Waals surface area contributed by atoms with Gasteiger partial charge in [0, 0.05) is 12.6 Å². The van der Waals surface area contributed by atoms with Crippen molar-refractivity contribution in [2.45, 2.75) is 45.6 Å². The largest absolute Gasteiger partial charge is 0.383 e. The fraction of sp³-hybridized carbons (Fsp3) is 1.00. The maximum Gasteiger partial charge on any atom is 0.0642 e. The molecule has 2 heteroatoms. The van der Waals surface area contributed by atoms with Crippen molar-refractivity contribution in [3.05, 3.63) is 0 Å².